The fraction of sp³-hybridized carbons (Fsp3) is 1.00. The molecule has 1 atom stereocenters. The summed E-state index contributed by atoms with van der Waals surface area (Å²) in [5.41, 5.74) is 0. The van der Waals surface area contributed by atoms with Crippen molar-refractivity contribution in [1.29, 1.82) is 0 Å². The van der Waals surface area contributed by atoms with Crippen LogP contribution in [0.25, 0.3) is 0 Å². The molecule has 1 unspecified atom stereocenters. The Bertz CT molecular complexity index is 362. The number of hydrogen-bond acceptors (Lipinski definition) is 3. The van der Waals surface area contributed by atoms with Gasteiger partial charge in [0.15, 0.2) is 0 Å². The van der Waals surface area contributed by atoms with Crippen LogP contribution in [-0.4, -0.2) is 44.7 Å². The smallest absolute Gasteiger partial charge is 0.214 e. The first-order chi connectivity index (χ1) is 9.13. The number of hydrogen-bond donors (Lipinski definition) is 1. The van der Waals surface area contributed by atoms with E-state index in [1.807, 2.05) is 7.05 Å². The molecular formula is C14H28N2O2S. The van der Waals surface area contributed by atoms with Crippen LogP contribution in [0, 0.1) is 5.92 Å². The molecule has 0 aromatic carbocycles. The lowest BCUT2D eigenvalue weighted by Gasteiger charge is -2.36. The van der Waals surface area contributed by atoms with Crippen molar-refractivity contribution in [2.45, 2.75) is 57.4 Å². The van der Waals surface area contributed by atoms with Gasteiger partial charge in [-0.1, -0.05) is 25.7 Å². The summed E-state index contributed by atoms with van der Waals surface area (Å²) in [7, 11) is -1.16. The molecule has 0 aromatic heterocycles. The third-order valence-corrected chi connectivity index (χ3v) is 6.63. The van der Waals surface area contributed by atoms with Gasteiger partial charge in [-0.25, -0.2) is 8.42 Å². The van der Waals surface area contributed by atoms with Crippen LogP contribution in [0.3, 0.4) is 0 Å². The van der Waals surface area contributed by atoms with E-state index in [4.69, 9.17) is 0 Å². The first-order valence-corrected chi connectivity index (χ1v) is 9.38. The monoisotopic (exact) mass is 288 g/mol. The van der Waals surface area contributed by atoms with Crippen LogP contribution in [-0.2, 0) is 10.0 Å². The fourth-order valence-electron chi connectivity index (χ4n) is 3.53. The number of likely N-dealkylation sites (N-methyl/N-ethyl adjacent to an activating group) is 1. The Morgan fingerprint density at radius 3 is 2.42 bits per heavy atom. The second-order valence-corrected chi connectivity index (χ2v) is 8.07. The molecule has 0 aromatic rings. The maximum Gasteiger partial charge on any atom is 0.214 e. The summed E-state index contributed by atoms with van der Waals surface area (Å²) in [6.07, 6.45) is 9.08. The average Bonchev–Trinajstić information content (AvgIpc) is 2.40. The van der Waals surface area contributed by atoms with Gasteiger partial charge in [0, 0.05) is 19.1 Å². The van der Waals surface area contributed by atoms with E-state index in [1.54, 1.807) is 4.31 Å². The van der Waals surface area contributed by atoms with Crippen molar-refractivity contribution < 1.29 is 8.42 Å². The van der Waals surface area contributed by atoms with E-state index in [9.17, 15) is 8.42 Å². The van der Waals surface area contributed by atoms with Gasteiger partial charge in [-0.05, 0) is 38.6 Å². The first kappa shape index (κ1) is 15.3. The lowest BCUT2D eigenvalue weighted by molar-refractivity contribution is 0.246. The Morgan fingerprint density at radius 2 is 1.74 bits per heavy atom. The molecule has 1 saturated heterocycles. The summed E-state index contributed by atoms with van der Waals surface area (Å²) >= 11 is 0. The van der Waals surface area contributed by atoms with Crippen molar-refractivity contribution in [3.63, 3.8) is 0 Å². The summed E-state index contributed by atoms with van der Waals surface area (Å²) in [5, 5.41) is 3.14. The highest BCUT2D eigenvalue weighted by Gasteiger charge is 2.33. The van der Waals surface area contributed by atoms with Crippen LogP contribution in [0.5, 0.6) is 0 Å². The molecule has 2 fully saturated rings. The molecule has 19 heavy (non-hydrogen) atoms. The largest absolute Gasteiger partial charge is 0.318 e. The van der Waals surface area contributed by atoms with Crippen molar-refractivity contribution in [3.8, 4) is 0 Å². The normalized spacial score (nSPS) is 27.5. The molecule has 0 spiro atoms. The molecule has 1 aliphatic carbocycles. The van der Waals surface area contributed by atoms with Crippen molar-refractivity contribution >= 4 is 10.0 Å². The summed E-state index contributed by atoms with van der Waals surface area (Å²) < 4.78 is 27.1. The van der Waals surface area contributed by atoms with E-state index in [-0.39, 0.29) is 6.04 Å². The second-order valence-electron chi connectivity index (χ2n) is 6.10. The summed E-state index contributed by atoms with van der Waals surface area (Å²) in [6.45, 7) is 1.51. The van der Waals surface area contributed by atoms with Crippen LogP contribution in [0.1, 0.15) is 51.4 Å². The average molecular weight is 288 g/mol. The summed E-state index contributed by atoms with van der Waals surface area (Å²) in [5.74, 6) is 0.781. The van der Waals surface area contributed by atoms with Gasteiger partial charge in [0.2, 0.25) is 10.0 Å². The Kier molecular flexibility index (Phi) is 5.66. The topological polar surface area (TPSA) is 49.4 Å². The van der Waals surface area contributed by atoms with E-state index in [0.717, 1.165) is 45.2 Å². The SMILES string of the molecule is CNCC1CCCCN1S(=O)(=O)CC1CCCCC1. The zero-order chi connectivity index (χ0) is 13.7. The Balaban J connectivity index is 1.99. The molecule has 2 rings (SSSR count). The van der Waals surface area contributed by atoms with Crippen LogP contribution in [0.4, 0.5) is 0 Å². The highest BCUT2D eigenvalue weighted by molar-refractivity contribution is 7.89. The van der Waals surface area contributed by atoms with E-state index in [0.29, 0.717) is 11.7 Å². The maximum atomic E-state index is 12.6. The highest BCUT2D eigenvalue weighted by Crippen LogP contribution is 2.28. The number of piperidine rings is 1. The zero-order valence-electron chi connectivity index (χ0n) is 12.1. The number of nitrogens with one attached hydrogen (secondary N) is 1. The lowest BCUT2D eigenvalue weighted by atomic mass is 9.91. The van der Waals surface area contributed by atoms with Crippen LogP contribution < -0.4 is 5.32 Å². The molecule has 0 radical (unpaired) electrons. The lowest BCUT2D eigenvalue weighted by Crippen LogP contribution is -2.49. The summed E-state index contributed by atoms with van der Waals surface area (Å²) in [4.78, 5) is 0. The molecule has 0 amide bonds. The minimum atomic E-state index is -3.06. The van der Waals surface area contributed by atoms with Gasteiger partial charge >= 0.3 is 0 Å². The van der Waals surface area contributed by atoms with Crippen LogP contribution >= 0.6 is 0 Å². The van der Waals surface area contributed by atoms with Crippen molar-refractivity contribution in [3.05, 3.63) is 0 Å². The quantitative estimate of drug-likeness (QED) is 0.841. The molecular weight excluding hydrogens is 260 g/mol. The molecule has 4 nitrogen and oxygen atoms in total. The standard InChI is InChI=1S/C14H28N2O2S/c1-15-11-14-9-5-6-10-16(14)19(17,18)12-13-7-3-2-4-8-13/h13-15H,2-12H2,1H3. The van der Waals surface area contributed by atoms with Gasteiger partial charge in [0.1, 0.15) is 0 Å². The van der Waals surface area contributed by atoms with Crippen molar-refractivity contribution in [2.75, 3.05) is 25.9 Å². The van der Waals surface area contributed by atoms with Gasteiger partial charge in [0.05, 0.1) is 5.75 Å². The van der Waals surface area contributed by atoms with Crippen LogP contribution in [0.15, 0.2) is 0 Å². The zero-order valence-corrected chi connectivity index (χ0v) is 12.9. The summed E-state index contributed by atoms with van der Waals surface area (Å²) in [6, 6.07) is 0.173. The van der Waals surface area contributed by atoms with Crippen molar-refractivity contribution in [2.24, 2.45) is 5.92 Å². The Labute approximate surface area is 118 Å². The van der Waals surface area contributed by atoms with Crippen LogP contribution in [0.2, 0.25) is 0 Å². The number of nitrogens with zero attached hydrogens (tertiary/aromatic N) is 1. The van der Waals surface area contributed by atoms with Gasteiger partial charge in [-0.3, -0.25) is 0 Å². The number of rotatable bonds is 5. The van der Waals surface area contributed by atoms with E-state index < -0.39 is 10.0 Å². The predicted molar refractivity (Wildman–Crippen MR) is 78.6 cm³/mol. The molecule has 1 N–H and O–H groups in total. The van der Waals surface area contributed by atoms with Gasteiger partial charge in [-0.2, -0.15) is 4.31 Å². The third-order valence-electron chi connectivity index (χ3n) is 4.54. The molecule has 5 heteroatoms. The number of sulfonamides is 1. The predicted octanol–water partition coefficient (Wildman–Crippen LogP) is 1.97. The molecule has 0 bridgehead atoms. The Morgan fingerprint density at radius 1 is 1.05 bits per heavy atom. The molecule has 112 valence electrons. The minimum Gasteiger partial charge on any atom is -0.318 e. The van der Waals surface area contributed by atoms with Gasteiger partial charge in [-0.15, -0.1) is 0 Å². The molecule has 1 saturated carbocycles. The van der Waals surface area contributed by atoms with Gasteiger partial charge < -0.3 is 5.32 Å². The molecule has 2 aliphatic rings. The minimum absolute atomic E-state index is 0.173. The Hall–Kier alpha value is -0.130. The fourth-order valence-corrected chi connectivity index (χ4v) is 5.69. The molecule has 1 heterocycles. The van der Waals surface area contributed by atoms with E-state index in [1.165, 1.54) is 19.3 Å². The van der Waals surface area contributed by atoms with Crippen molar-refractivity contribution in [1.82, 2.24) is 9.62 Å². The van der Waals surface area contributed by atoms with Gasteiger partial charge in [0.25, 0.3) is 0 Å². The van der Waals surface area contributed by atoms with E-state index >= 15 is 0 Å². The highest BCUT2D eigenvalue weighted by atomic mass is 32.2. The second kappa shape index (κ2) is 7.04. The first-order valence-electron chi connectivity index (χ1n) is 7.77. The third kappa shape index (κ3) is 4.17. The molecule has 1 aliphatic heterocycles. The maximum absolute atomic E-state index is 12.6. The van der Waals surface area contributed by atoms with E-state index in [2.05, 4.69) is 5.32 Å².